The van der Waals surface area contributed by atoms with Crippen LogP contribution in [0, 0.1) is 19.8 Å². The van der Waals surface area contributed by atoms with E-state index >= 15 is 0 Å². The maximum absolute atomic E-state index is 12.6. The zero-order valence-electron chi connectivity index (χ0n) is 16.0. The molecular formula is C19H29N5O. The molecule has 25 heavy (non-hydrogen) atoms. The van der Waals surface area contributed by atoms with Crippen molar-refractivity contribution in [2.75, 3.05) is 0 Å². The van der Waals surface area contributed by atoms with E-state index in [9.17, 15) is 4.79 Å². The topological polar surface area (TPSA) is 71.8 Å². The van der Waals surface area contributed by atoms with Crippen molar-refractivity contribution in [3.8, 4) is 0 Å². The predicted molar refractivity (Wildman–Crippen MR) is 99.2 cm³/mol. The predicted octanol–water partition coefficient (Wildman–Crippen LogP) is 3.58. The Hall–Kier alpha value is -2.37. The minimum atomic E-state index is -0.182. The van der Waals surface area contributed by atoms with Crippen molar-refractivity contribution in [1.29, 1.82) is 0 Å². The second-order valence-corrected chi connectivity index (χ2v) is 6.76. The van der Waals surface area contributed by atoms with Crippen LogP contribution < -0.4 is 10.6 Å². The van der Waals surface area contributed by atoms with Crippen molar-refractivity contribution in [1.82, 2.24) is 25.4 Å². The lowest BCUT2D eigenvalue weighted by Gasteiger charge is -2.24. The van der Waals surface area contributed by atoms with Gasteiger partial charge in [0.05, 0.1) is 23.5 Å². The van der Waals surface area contributed by atoms with E-state index in [0.29, 0.717) is 0 Å². The van der Waals surface area contributed by atoms with Crippen LogP contribution in [0.4, 0.5) is 4.79 Å². The summed E-state index contributed by atoms with van der Waals surface area (Å²) in [4.78, 5) is 17.0. The lowest BCUT2D eigenvalue weighted by Crippen LogP contribution is -2.41. The molecule has 0 aliphatic rings. The molecule has 0 bridgehead atoms. The van der Waals surface area contributed by atoms with Crippen LogP contribution in [-0.2, 0) is 7.05 Å². The van der Waals surface area contributed by atoms with Gasteiger partial charge in [0, 0.05) is 24.5 Å². The summed E-state index contributed by atoms with van der Waals surface area (Å²) >= 11 is 0. The summed E-state index contributed by atoms with van der Waals surface area (Å²) in [5.41, 5.74) is 4.00. The zero-order chi connectivity index (χ0) is 18.6. The lowest BCUT2D eigenvalue weighted by atomic mass is 10.00. The number of carbonyl (C=O) groups excluding carboxylic acids is 1. The molecule has 2 heterocycles. The Labute approximate surface area is 150 Å². The van der Waals surface area contributed by atoms with E-state index < -0.39 is 0 Å². The first-order valence-corrected chi connectivity index (χ1v) is 8.83. The molecule has 2 rings (SSSR count). The fourth-order valence-corrected chi connectivity index (χ4v) is 3.16. The molecule has 2 atom stereocenters. The van der Waals surface area contributed by atoms with Crippen molar-refractivity contribution in [2.24, 2.45) is 13.0 Å². The summed E-state index contributed by atoms with van der Waals surface area (Å²) in [7, 11) is 1.93. The number of carbonyl (C=O) groups is 1. The van der Waals surface area contributed by atoms with Crippen molar-refractivity contribution in [3.05, 3.63) is 47.0 Å². The normalized spacial score (nSPS) is 13.6. The molecule has 2 amide bonds. The Kier molecular flexibility index (Phi) is 6.17. The molecule has 0 saturated carbocycles. The third-order valence-electron chi connectivity index (χ3n) is 4.59. The summed E-state index contributed by atoms with van der Waals surface area (Å²) in [5, 5.41) is 10.6. The van der Waals surface area contributed by atoms with E-state index in [4.69, 9.17) is 0 Å². The number of rotatable bonds is 6. The van der Waals surface area contributed by atoms with Gasteiger partial charge in [0.15, 0.2) is 0 Å². The monoisotopic (exact) mass is 343 g/mol. The van der Waals surface area contributed by atoms with Gasteiger partial charge in [-0.05, 0) is 38.3 Å². The number of nitrogens with one attached hydrogen (secondary N) is 2. The quantitative estimate of drug-likeness (QED) is 0.842. The summed E-state index contributed by atoms with van der Waals surface area (Å²) in [6.07, 6.45) is 2.55. The van der Waals surface area contributed by atoms with Gasteiger partial charge >= 0.3 is 6.03 Å². The molecule has 0 unspecified atom stereocenters. The molecular weight excluding hydrogens is 314 g/mol. The number of pyridine rings is 1. The van der Waals surface area contributed by atoms with E-state index in [0.717, 1.165) is 29.1 Å². The van der Waals surface area contributed by atoms with E-state index in [-0.39, 0.29) is 24.0 Å². The van der Waals surface area contributed by atoms with Gasteiger partial charge in [-0.3, -0.25) is 9.67 Å². The van der Waals surface area contributed by atoms with Gasteiger partial charge in [0.2, 0.25) is 0 Å². The third-order valence-corrected chi connectivity index (χ3v) is 4.59. The first-order valence-electron chi connectivity index (χ1n) is 8.83. The average Bonchev–Trinajstić information content (AvgIpc) is 2.83. The molecule has 136 valence electrons. The second kappa shape index (κ2) is 8.14. The molecule has 0 fully saturated rings. The first-order chi connectivity index (χ1) is 11.8. The molecule has 0 aliphatic carbocycles. The summed E-state index contributed by atoms with van der Waals surface area (Å²) in [6.45, 7) is 10.2. The van der Waals surface area contributed by atoms with E-state index in [1.807, 2.05) is 43.8 Å². The van der Waals surface area contributed by atoms with Crippen molar-refractivity contribution < 1.29 is 4.79 Å². The largest absolute Gasteiger partial charge is 0.331 e. The van der Waals surface area contributed by atoms with Crippen LogP contribution >= 0.6 is 0 Å². The number of aryl methyl sites for hydroxylation is 2. The Bertz CT molecular complexity index is 708. The highest BCUT2D eigenvalue weighted by atomic mass is 16.2. The molecule has 6 nitrogen and oxygen atoms in total. The first kappa shape index (κ1) is 19.0. The van der Waals surface area contributed by atoms with Crippen molar-refractivity contribution in [2.45, 2.75) is 53.1 Å². The van der Waals surface area contributed by atoms with Crippen LogP contribution in [0.25, 0.3) is 0 Å². The third kappa shape index (κ3) is 4.38. The van der Waals surface area contributed by atoms with Crippen LogP contribution in [0.3, 0.4) is 0 Å². The van der Waals surface area contributed by atoms with E-state index in [1.54, 1.807) is 6.20 Å². The van der Waals surface area contributed by atoms with Gasteiger partial charge < -0.3 is 10.6 Å². The van der Waals surface area contributed by atoms with Gasteiger partial charge in [0.25, 0.3) is 0 Å². The molecule has 2 aromatic heterocycles. The fraction of sp³-hybridized carbons (Fsp3) is 0.526. The summed E-state index contributed by atoms with van der Waals surface area (Å²) in [6, 6.07) is 5.38. The minimum Gasteiger partial charge on any atom is -0.331 e. The molecule has 0 radical (unpaired) electrons. The SMILES string of the molecule is CC[C@H](NC(=O)N[C@H](c1ccccn1)C(C)C)c1c(C)nn(C)c1C. The minimum absolute atomic E-state index is 0.0646. The van der Waals surface area contributed by atoms with Gasteiger partial charge in [-0.1, -0.05) is 26.8 Å². The maximum Gasteiger partial charge on any atom is 0.315 e. The van der Waals surface area contributed by atoms with Crippen LogP contribution in [0.5, 0.6) is 0 Å². The van der Waals surface area contributed by atoms with Crippen LogP contribution in [0.2, 0.25) is 0 Å². The average molecular weight is 343 g/mol. The fourth-order valence-electron chi connectivity index (χ4n) is 3.16. The van der Waals surface area contributed by atoms with Crippen LogP contribution in [0.1, 0.15) is 61.9 Å². The smallest absolute Gasteiger partial charge is 0.315 e. The molecule has 0 aliphatic heterocycles. The van der Waals surface area contributed by atoms with Gasteiger partial charge in [-0.15, -0.1) is 0 Å². The standard InChI is InChI=1S/C19H29N5O/c1-7-15(17-13(4)23-24(6)14(17)5)21-19(25)22-18(12(2)3)16-10-8-9-11-20-16/h8-12,15,18H,7H2,1-6H3,(H2,21,22,25)/t15-,18-/m0/s1. The number of hydrogen-bond donors (Lipinski definition) is 2. The number of hydrogen-bond acceptors (Lipinski definition) is 3. The number of aromatic nitrogens is 3. The second-order valence-electron chi connectivity index (χ2n) is 6.76. The van der Waals surface area contributed by atoms with Gasteiger partial charge in [0.1, 0.15) is 0 Å². The highest BCUT2D eigenvalue weighted by molar-refractivity contribution is 5.75. The Morgan fingerprint density at radius 3 is 2.44 bits per heavy atom. The van der Waals surface area contributed by atoms with Crippen molar-refractivity contribution in [3.63, 3.8) is 0 Å². The summed E-state index contributed by atoms with van der Waals surface area (Å²) < 4.78 is 1.86. The Balaban J connectivity index is 2.14. The van der Waals surface area contributed by atoms with Crippen LogP contribution in [0.15, 0.2) is 24.4 Å². The highest BCUT2D eigenvalue weighted by Gasteiger charge is 2.23. The summed E-state index contributed by atoms with van der Waals surface area (Å²) in [5.74, 6) is 0.239. The number of urea groups is 1. The number of amides is 2. The molecule has 2 N–H and O–H groups in total. The molecule has 0 saturated heterocycles. The van der Waals surface area contributed by atoms with Crippen LogP contribution in [-0.4, -0.2) is 20.8 Å². The zero-order valence-corrected chi connectivity index (χ0v) is 16.0. The molecule has 0 aromatic carbocycles. The van der Waals surface area contributed by atoms with E-state index in [2.05, 4.69) is 41.5 Å². The Morgan fingerprint density at radius 1 is 1.24 bits per heavy atom. The van der Waals surface area contributed by atoms with Crippen molar-refractivity contribution >= 4 is 6.03 Å². The van der Waals surface area contributed by atoms with Gasteiger partial charge in [-0.25, -0.2) is 4.79 Å². The molecule has 2 aromatic rings. The molecule has 6 heteroatoms. The van der Waals surface area contributed by atoms with Gasteiger partial charge in [-0.2, -0.15) is 5.10 Å². The number of nitrogens with zero attached hydrogens (tertiary/aromatic N) is 3. The molecule has 0 spiro atoms. The Morgan fingerprint density at radius 2 is 1.96 bits per heavy atom. The maximum atomic E-state index is 12.6. The van der Waals surface area contributed by atoms with E-state index in [1.165, 1.54) is 0 Å². The lowest BCUT2D eigenvalue weighted by molar-refractivity contribution is 0.228. The highest BCUT2D eigenvalue weighted by Crippen LogP contribution is 2.24.